The van der Waals surface area contributed by atoms with Crippen LogP contribution in [0.5, 0.6) is 0 Å². The fourth-order valence-corrected chi connectivity index (χ4v) is 4.47. The summed E-state index contributed by atoms with van der Waals surface area (Å²) < 4.78 is 0. The Kier molecular flexibility index (Phi) is 5.29. The van der Waals surface area contributed by atoms with Crippen molar-refractivity contribution in [1.82, 2.24) is 5.32 Å². The molecule has 2 aromatic carbocycles. The minimum absolute atomic E-state index is 0.0582. The van der Waals surface area contributed by atoms with Crippen molar-refractivity contribution in [2.24, 2.45) is 0 Å². The summed E-state index contributed by atoms with van der Waals surface area (Å²) in [7, 11) is 2.07. The van der Waals surface area contributed by atoms with E-state index in [4.69, 9.17) is 12.2 Å². The van der Waals surface area contributed by atoms with Crippen LogP contribution < -0.4 is 15.1 Å². The molecule has 2 aromatic rings. The van der Waals surface area contributed by atoms with Gasteiger partial charge in [0.25, 0.3) is 11.8 Å². The zero-order chi connectivity index (χ0) is 23.4. The van der Waals surface area contributed by atoms with Crippen molar-refractivity contribution in [3.63, 3.8) is 0 Å². The lowest BCUT2D eigenvalue weighted by molar-refractivity contribution is -0.122. The summed E-state index contributed by atoms with van der Waals surface area (Å²) in [6, 6.07) is 11.7. The maximum Gasteiger partial charge on any atom is 0.270 e. The molecule has 4 rings (SSSR count). The average molecular weight is 446 g/mol. The van der Waals surface area contributed by atoms with Gasteiger partial charge in [0, 0.05) is 18.3 Å². The van der Waals surface area contributed by atoms with Crippen molar-refractivity contribution in [2.75, 3.05) is 16.8 Å². The average Bonchev–Trinajstić information content (AvgIpc) is 2.71. The molecule has 2 aliphatic rings. The molecule has 1 saturated heterocycles. The first-order valence-corrected chi connectivity index (χ1v) is 11.0. The lowest BCUT2D eigenvalue weighted by atomic mass is 9.88. The van der Waals surface area contributed by atoms with Gasteiger partial charge < -0.3 is 4.90 Å². The highest BCUT2D eigenvalue weighted by molar-refractivity contribution is 7.80. The van der Waals surface area contributed by atoms with E-state index in [0.717, 1.165) is 27.9 Å². The number of aryl methyl sites for hydroxylation is 2. The summed E-state index contributed by atoms with van der Waals surface area (Å²) in [5.41, 5.74) is 6.94. The third-order valence-corrected chi connectivity index (χ3v) is 6.69. The van der Waals surface area contributed by atoms with Crippen LogP contribution in [0.15, 0.2) is 48.0 Å². The van der Waals surface area contributed by atoms with Gasteiger partial charge in [-0.25, -0.2) is 0 Å². The van der Waals surface area contributed by atoms with E-state index in [-0.39, 0.29) is 16.2 Å². The van der Waals surface area contributed by atoms with Crippen LogP contribution in [0.4, 0.5) is 11.4 Å². The maximum atomic E-state index is 13.3. The van der Waals surface area contributed by atoms with Crippen LogP contribution in [-0.4, -0.2) is 29.5 Å². The third-order valence-electron chi connectivity index (χ3n) is 6.40. The van der Waals surface area contributed by atoms with Crippen molar-refractivity contribution < 1.29 is 9.59 Å². The highest BCUT2D eigenvalue weighted by Gasteiger charge is 2.35. The van der Waals surface area contributed by atoms with Gasteiger partial charge in [-0.15, -0.1) is 0 Å². The van der Waals surface area contributed by atoms with Crippen LogP contribution in [0.2, 0.25) is 0 Å². The van der Waals surface area contributed by atoms with E-state index < -0.39 is 11.8 Å². The molecule has 0 bridgehead atoms. The summed E-state index contributed by atoms with van der Waals surface area (Å²) in [6.45, 7) is 10.4. The molecular weight excluding hydrogens is 418 g/mol. The molecule has 1 N–H and O–H groups in total. The van der Waals surface area contributed by atoms with Crippen LogP contribution in [-0.2, 0) is 9.59 Å². The smallest absolute Gasteiger partial charge is 0.270 e. The molecule has 0 radical (unpaired) electrons. The highest BCUT2D eigenvalue weighted by atomic mass is 32.1. The van der Waals surface area contributed by atoms with E-state index in [0.29, 0.717) is 5.69 Å². The maximum absolute atomic E-state index is 13.3. The third kappa shape index (κ3) is 3.65. The predicted molar refractivity (Wildman–Crippen MR) is 135 cm³/mol. The van der Waals surface area contributed by atoms with Crippen molar-refractivity contribution in [3.8, 4) is 0 Å². The lowest BCUT2D eigenvalue weighted by Crippen LogP contribution is -2.54. The number of nitrogens with one attached hydrogen (secondary N) is 1. The van der Waals surface area contributed by atoms with E-state index in [1.54, 1.807) is 6.08 Å². The fraction of sp³-hybridized carbons (Fsp3) is 0.269. The van der Waals surface area contributed by atoms with E-state index in [1.807, 2.05) is 50.2 Å². The minimum atomic E-state index is -0.483. The predicted octanol–water partition coefficient (Wildman–Crippen LogP) is 4.77. The summed E-state index contributed by atoms with van der Waals surface area (Å²) in [5.74, 6) is -0.909. The topological polar surface area (TPSA) is 52.7 Å². The van der Waals surface area contributed by atoms with E-state index in [2.05, 4.69) is 44.1 Å². The summed E-state index contributed by atoms with van der Waals surface area (Å²) in [4.78, 5) is 29.6. The molecule has 0 aromatic heterocycles. The van der Waals surface area contributed by atoms with Gasteiger partial charge in [-0.05, 0) is 99.4 Å². The van der Waals surface area contributed by atoms with Gasteiger partial charge in [0.05, 0.1) is 11.2 Å². The van der Waals surface area contributed by atoms with Crippen molar-refractivity contribution in [2.45, 2.75) is 40.2 Å². The number of fused-ring (bicyclic) bond motifs is 1. The molecule has 0 unspecified atom stereocenters. The van der Waals surface area contributed by atoms with Gasteiger partial charge in [-0.1, -0.05) is 18.2 Å². The molecular formula is C26H27N3O2S. The summed E-state index contributed by atoms with van der Waals surface area (Å²) in [5, 5.41) is 2.75. The summed E-state index contributed by atoms with van der Waals surface area (Å²) >= 11 is 5.32. The lowest BCUT2D eigenvalue weighted by Gasteiger charge is -2.40. The Labute approximate surface area is 194 Å². The zero-order valence-electron chi connectivity index (χ0n) is 19.2. The second-order valence-corrected chi connectivity index (χ2v) is 9.43. The Balaban J connectivity index is 1.74. The van der Waals surface area contributed by atoms with Gasteiger partial charge >= 0.3 is 0 Å². The quantitative estimate of drug-likeness (QED) is 0.411. The number of nitrogens with zero attached hydrogens (tertiary/aromatic N) is 2. The molecule has 5 nitrogen and oxygen atoms in total. The second kappa shape index (κ2) is 7.71. The number of rotatable bonds is 2. The molecule has 164 valence electrons. The number of amides is 2. The zero-order valence-corrected chi connectivity index (χ0v) is 20.1. The molecule has 6 heteroatoms. The Morgan fingerprint density at radius 1 is 1.00 bits per heavy atom. The Bertz CT molecular complexity index is 1240. The number of carbonyl (C=O) groups is 2. The van der Waals surface area contributed by atoms with Gasteiger partial charge in [0.15, 0.2) is 5.11 Å². The number of hydrogen-bond acceptors (Lipinski definition) is 4. The van der Waals surface area contributed by atoms with Gasteiger partial charge in [-0.3, -0.25) is 19.8 Å². The first kappa shape index (κ1) is 22.0. The Morgan fingerprint density at radius 3 is 2.41 bits per heavy atom. The molecule has 0 spiro atoms. The Hall–Kier alpha value is -3.25. The molecule has 2 heterocycles. The van der Waals surface area contributed by atoms with Crippen molar-refractivity contribution in [1.29, 1.82) is 0 Å². The van der Waals surface area contributed by atoms with Crippen LogP contribution >= 0.6 is 12.2 Å². The van der Waals surface area contributed by atoms with E-state index in [1.165, 1.54) is 10.5 Å². The van der Waals surface area contributed by atoms with Crippen LogP contribution in [0.3, 0.4) is 0 Å². The van der Waals surface area contributed by atoms with Gasteiger partial charge in [0.1, 0.15) is 5.57 Å². The number of hydrogen-bond donors (Lipinski definition) is 1. The number of thiocarbonyl (C=S) groups is 1. The number of anilines is 2. The fourth-order valence-electron chi connectivity index (χ4n) is 4.19. The van der Waals surface area contributed by atoms with Crippen LogP contribution in [0.25, 0.3) is 11.6 Å². The van der Waals surface area contributed by atoms with Crippen LogP contribution in [0, 0.1) is 13.8 Å². The first-order chi connectivity index (χ1) is 15.0. The SMILES string of the molecule is CC1=CC(C)(C)N(C)c2ccc(/C=C3/C(=O)NC(=S)N(c4ccc(C)c(C)c4)C3=O)cc21. The van der Waals surface area contributed by atoms with Crippen molar-refractivity contribution in [3.05, 3.63) is 70.3 Å². The minimum Gasteiger partial charge on any atom is -0.366 e. The Morgan fingerprint density at radius 2 is 1.72 bits per heavy atom. The largest absolute Gasteiger partial charge is 0.366 e. The molecule has 2 aliphatic heterocycles. The molecule has 0 aliphatic carbocycles. The van der Waals surface area contributed by atoms with Crippen LogP contribution in [0.1, 0.15) is 43.0 Å². The number of likely N-dealkylation sites (N-methyl/N-ethyl adjacent to an activating group) is 1. The molecule has 2 amide bonds. The normalized spacial score (nSPS) is 19.1. The second-order valence-electron chi connectivity index (χ2n) is 9.04. The number of carbonyl (C=O) groups excluding carboxylic acids is 2. The van der Waals surface area contributed by atoms with Gasteiger partial charge in [-0.2, -0.15) is 0 Å². The van der Waals surface area contributed by atoms with Crippen molar-refractivity contribution >= 4 is 52.2 Å². The molecule has 1 fully saturated rings. The monoisotopic (exact) mass is 445 g/mol. The van der Waals surface area contributed by atoms with E-state index in [9.17, 15) is 9.59 Å². The first-order valence-electron chi connectivity index (χ1n) is 10.6. The van der Waals surface area contributed by atoms with Gasteiger partial charge in [0.2, 0.25) is 0 Å². The standard InChI is InChI=1S/C26H27N3O2S/c1-15-7-9-19(11-16(15)2)29-24(31)21(23(30)27-25(29)32)13-18-8-10-22-20(12-18)17(3)14-26(4,5)28(22)6/h7-14H,1-6H3,(H,27,30,32)/b21-13-. The molecule has 0 atom stereocenters. The molecule has 32 heavy (non-hydrogen) atoms. The highest BCUT2D eigenvalue weighted by Crippen LogP contribution is 2.38. The van der Waals surface area contributed by atoms with E-state index >= 15 is 0 Å². The number of benzene rings is 2. The summed E-state index contributed by atoms with van der Waals surface area (Å²) in [6.07, 6.45) is 3.87. The number of allylic oxidation sites excluding steroid dienone is 1. The molecule has 0 saturated carbocycles.